The van der Waals surface area contributed by atoms with E-state index in [9.17, 15) is 13.2 Å². The van der Waals surface area contributed by atoms with Crippen LogP contribution in [0.4, 0.5) is 0 Å². The van der Waals surface area contributed by atoms with Crippen LogP contribution in [0.15, 0.2) is 4.99 Å². The van der Waals surface area contributed by atoms with E-state index in [0.29, 0.717) is 45.3 Å². The molecule has 8 nitrogen and oxygen atoms in total. The quantitative estimate of drug-likeness (QED) is 0.516. The van der Waals surface area contributed by atoms with Crippen LogP contribution in [0.3, 0.4) is 0 Å². The van der Waals surface area contributed by atoms with E-state index >= 15 is 0 Å². The summed E-state index contributed by atoms with van der Waals surface area (Å²) in [6.45, 7) is 5.29. The molecular formula is C15H28N4O4S. The molecule has 1 atom stereocenters. The number of carbonyl (C=O) groups is 1. The van der Waals surface area contributed by atoms with Crippen molar-refractivity contribution in [3.8, 4) is 0 Å². The molecule has 1 unspecified atom stereocenters. The number of rotatable bonds is 5. The van der Waals surface area contributed by atoms with Gasteiger partial charge < -0.3 is 19.9 Å². The van der Waals surface area contributed by atoms with Crippen LogP contribution in [0.5, 0.6) is 0 Å². The molecule has 0 aliphatic carbocycles. The van der Waals surface area contributed by atoms with Gasteiger partial charge in [-0.3, -0.25) is 9.79 Å². The van der Waals surface area contributed by atoms with Crippen LogP contribution in [-0.2, 0) is 19.4 Å². The molecular weight excluding hydrogens is 332 g/mol. The van der Waals surface area contributed by atoms with Crippen LogP contribution < -0.4 is 5.32 Å². The minimum Gasteiger partial charge on any atom is -0.368 e. The second-order valence-corrected chi connectivity index (χ2v) is 8.50. The van der Waals surface area contributed by atoms with Crippen LogP contribution >= 0.6 is 0 Å². The number of carbonyl (C=O) groups excluding carboxylic acids is 1. The summed E-state index contributed by atoms with van der Waals surface area (Å²) < 4.78 is 28.5. The summed E-state index contributed by atoms with van der Waals surface area (Å²) in [5.41, 5.74) is 0. The van der Waals surface area contributed by atoms with Crippen molar-refractivity contribution in [1.82, 2.24) is 15.1 Å². The van der Waals surface area contributed by atoms with Gasteiger partial charge >= 0.3 is 0 Å². The SMILES string of the molecule is CCS(=O)(=O)CCNC(=NC)N1CCN(C(=O)C2CCCO2)CC1. The number of aliphatic imine (C=N–C) groups is 1. The van der Waals surface area contributed by atoms with Crippen LogP contribution in [-0.4, -0.2) is 94.1 Å². The first-order valence-corrected chi connectivity index (χ1v) is 10.4. The normalized spacial score (nSPS) is 22.8. The second-order valence-electron chi connectivity index (χ2n) is 6.02. The predicted molar refractivity (Wildman–Crippen MR) is 92.8 cm³/mol. The Labute approximate surface area is 144 Å². The van der Waals surface area contributed by atoms with Crippen LogP contribution in [0.1, 0.15) is 19.8 Å². The number of hydrogen-bond donors (Lipinski definition) is 1. The van der Waals surface area contributed by atoms with Gasteiger partial charge in [0.2, 0.25) is 0 Å². The van der Waals surface area contributed by atoms with Gasteiger partial charge in [0.05, 0.1) is 5.75 Å². The molecule has 2 saturated heterocycles. The molecule has 2 heterocycles. The van der Waals surface area contributed by atoms with Crippen molar-refractivity contribution in [1.29, 1.82) is 0 Å². The van der Waals surface area contributed by atoms with Crippen molar-refractivity contribution in [2.24, 2.45) is 4.99 Å². The molecule has 0 spiro atoms. The van der Waals surface area contributed by atoms with Gasteiger partial charge in [-0.25, -0.2) is 8.42 Å². The van der Waals surface area contributed by atoms with Crippen molar-refractivity contribution in [2.75, 3.05) is 57.9 Å². The Bertz CT molecular complexity index is 550. The molecule has 0 aromatic rings. The Morgan fingerprint density at radius 1 is 1.25 bits per heavy atom. The maximum atomic E-state index is 12.3. The van der Waals surface area contributed by atoms with Crippen molar-refractivity contribution >= 4 is 21.7 Å². The largest absolute Gasteiger partial charge is 0.368 e. The lowest BCUT2D eigenvalue weighted by Crippen LogP contribution is -2.55. The molecule has 24 heavy (non-hydrogen) atoms. The summed E-state index contributed by atoms with van der Waals surface area (Å²) in [5, 5.41) is 3.10. The monoisotopic (exact) mass is 360 g/mol. The van der Waals surface area contributed by atoms with E-state index in [1.165, 1.54) is 0 Å². The highest BCUT2D eigenvalue weighted by molar-refractivity contribution is 7.91. The summed E-state index contributed by atoms with van der Waals surface area (Å²) >= 11 is 0. The van der Waals surface area contributed by atoms with E-state index in [-0.39, 0.29) is 23.5 Å². The lowest BCUT2D eigenvalue weighted by atomic mass is 10.2. The van der Waals surface area contributed by atoms with Crippen molar-refractivity contribution in [3.63, 3.8) is 0 Å². The zero-order chi connectivity index (χ0) is 17.6. The van der Waals surface area contributed by atoms with E-state index in [0.717, 1.165) is 12.8 Å². The molecule has 9 heteroatoms. The molecule has 0 bridgehead atoms. The zero-order valence-corrected chi connectivity index (χ0v) is 15.3. The zero-order valence-electron chi connectivity index (χ0n) is 14.5. The third-order valence-electron chi connectivity index (χ3n) is 4.44. The highest BCUT2D eigenvalue weighted by Gasteiger charge is 2.30. The van der Waals surface area contributed by atoms with Crippen LogP contribution in [0, 0.1) is 0 Å². The predicted octanol–water partition coefficient (Wildman–Crippen LogP) is -0.680. The summed E-state index contributed by atoms with van der Waals surface area (Å²) in [7, 11) is -1.31. The standard InChI is InChI=1S/C15H28N4O4S/c1-3-24(21,22)12-6-17-15(16-2)19-9-7-18(8-10-19)14(20)13-5-4-11-23-13/h13H,3-12H2,1-2H3,(H,16,17). The molecule has 0 aromatic carbocycles. The maximum Gasteiger partial charge on any atom is 0.251 e. The number of hydrogen-bond acceptors (Lipinski definition) is 5. The average molecular weight is 360 g/mol. The first kappa shape index (κ1) is 19.0. The number of guanidine groups is 1. The number of amides is 1. The van der Waals surface area contributed by atoms with E-state index in [2.05, 4.69) is 15.2 Å². The van der Waals surface area contributed by atoms with Gasteiger partial charge in [0.1, 0.15) is 6.10 Å². The van der Waals surface area contributed by atoms with Gasteiger partial charge in [-0.2, -0.15) is 0 Å². The molecule has 138 valence electrons. The van der Waals surface area contributed by atoms with Gasteiger partial charge in [-0.05, 0) is 12.8 Å². The fraction of sp³-hybridized carbons (Fsp3) is 0.867. The van der Waals surface area contributed by atoms with Gasteiger partial charge in [-0.1, -0.05) is 6.92 Å². The van der Waals surface area contributed by atoms with Gasteiger partial charge in [-0.15, -0.1) is 0 Å². The molecule has 0 aromatic heterocycles. The Kier molecular flexibility index (Phi) is 6.85. The Hall–Kier alpha value is -1.35. The smallest absolute Gasteiger partial charge is 0.251 e. The van der Waals surface area contributed by atoms with E-state index in [1.807, 2.05) is 4.90 Å². The van der Waals surface area contributed by atoms with Gasteiger partial charge in [0, 0.05) is 52.1 Å². The highest BCUT2D eigenvalue weighted by atomic mass is 32.2. The number of sulfone groups is 1. The minimum atomic E-state index is -2.99. The van der Waals surface area contributed by atoms with Crippen molar-refractivity contribution in [3.05, 3.63) is 0 Å². The molecule has 2 rings (SSSR count). The summed E-state index contributed by atoms with van der Waals surface area (Å²) in [6, 6.07) is 0. The highest BCUT2D eigenvalue weighted by Crippen LogP contribution is 2.16. The molecule has 2 aliphatic heterocycles. The molecule has 1 N–H and O–H groups in total. The Morgan fingerprint density at radius 2 is 1.92 bits per heavy atom. The van der Waals surface area contributed by atoms with Crippen molar-refractivity contribution in [2.45, 2.75) is 25.9 Å². The fourth-order valence-corrected chi connectivity index (χ4v) is 3.61. The topological polar surface area (TPSA) is 91.3 Å². The first-order chi connectivity index (χ1) is 11.5. The molecule has 2 aliphatic rings. The van der Waals surface area contributed by atoms with Gasteiger partial charge in [0.15, 0.2) is 15.8 Å². The second kappa shape index (κ2) is 8.66. The number of nitrogens with zero attached hydrogens (tertiary/aromatic N) is 3. The molecule has 0 radical (unpaired) electrons. The lowest BCUT2D eigenvalue weighted by Gasteiger charge is -2.37. The van der Waals surface area contributed by atoms with Crippen molar-refractivity contribution < 1.29 is 17.9 Å². The lowest BCUT2D eigenvalue weighted by molar-refractivity contribution is -0.142. The number of ether oxygens (including phenoxy) is 1. The maximum absolute atomic E-state index is 12.3. The van der Waals surface area contributed by atoms with Crippen LogP contribution in [0.2, 0.25) is 0 Å². The minimum absolute atomic E-state index is 0.0872. The van der Waals surface area contributed by atoms with Gasteiger partial charge in [0.25, 0.3) is 5.91 Å². The number of piperazine rings is 1. The number of nitrogens with one attached hydrogen (secondary N) is 1. The Balaban J connectivity index is 1.78. The third-order valence-corrected chi connectivity index (χ3v) is 6.15. The fourth-order valence-electron chi connectivity index (χ4n) is 2.91. The molecule has 2 fully saturated rings. The first-order valence-electron chi connectivity index (χ1n) is 8.53. The molecule has 1 amide bonds. The molecule has 0 saturated carbocycles. The average Bonchev–Trinajstić information content (AvgIpc) is 3.13. The van der Waals surface area contributed by atoms with E-state index in [4.69, 9.17) is 4.74 Å². The van der Waals surface area contributed by atoms with E-state index < -0.39 is 9.84 Å². The summed E-state index contributed by atoms with van der Waals surface area (Å²) in [5.74, 6) is 1.02. The summed E-state index contributed by atoms with van der Waals surface area (Å²) in [4.78, 5) is 20.4. The van der Waals surface area contributed by atoms with E-state index in [1.54, 1.807) is 14.0 Å². The third kappa shape index (κ3) is 5.07. The van der Waals surface area contributed by atoms with Crippen LogP contribution in [0.25, 0.3) is 0 Å². The Morgan fingerprint density at radius 3 is 2.46 bits per heavy atom. The summed E-state index contributed by atoms with van der Waals surface area (Å²) in [6.07, 6.45) is 1.50.